The molecule has 0 fully saturated rings. The molecule has 0 radical (unpaired) electrons. The Hall–Kier alpha value is -1.01. The molecule has 0 saturated heterocycles. The molecule has 0 aromatic carbocycles. The number of nitrogens with zero attached hydrogens (tertiary/aromatic N) is 2. The van der Waals surface area contributed by atoms with Gasteiger partial charge < -0.3 is 5.73 Å². The molecule has 0 spiro atoms. The number of nitrogens with two attached hydrogens (primary N) is 1. The minimum absolute atomic E-state index is 0.0815. The molecule has 2 N–H and O–H groups in total. The standard InChI is InChI=1S/C8H13N3O2S/c1-14(12,13)5-3-7(9)8-2-4-10-6-11-8/h2,4,6-7H,3,5,9H2,1H3. The normalized spacial score (nSPS) is 13.9. The number of hydrogen-bond donors (Lipinski definition) is 1. The second-order valence-corrected chi connectivity index (χ2v) is 5.42. The van der Waals surface area contributed by atoms with Gasteiger partial charge >= 0.3 is 0 Å². The first-order valence-electron chi connectivity index (χ1n) is 4.18. The highest BCUT2D eigenvalue weighted by Crippen LogP contribution is 2.10. The lowest BCUT2D eigenvalue weighted by molar-refractivity contribution is 0.589. The summed E-state index contributed by atoms with van der Waals surface area (Å²) in [6.07, 6.45) is 4.56. The van der Waals surface area contributed by atoms with Gasteiger partial charge in [0.15, 0.2) is 0 Å². The van der Waals surface area contributed by atoms with Gasteiger partial charge in [0, 0.05) is 18.5 Å². The number of hydrogen-bond acceptors (Lipinski definition) is 5. The fourth-order valence-corrected chi connectivity index (χ4v) is 1.69. The molecule has 1 heterocycles. The molecule has 1 rings (SSSR count). The molecule has 1 aromatic rings. The van der Waals surface area contributed by atoms with Gasteiger partial charge in [-0.15, -0.1) is 0 Å². The molecule has 0 saturated carbocycles. The zero-order valence-electron chi connectivity index (χ0n) is 7.92. The van der Waals surface area contributed by atoms with Crippen LogP contribution in [0.5, 0.6) is 0 Å². The molecule has 14 heavy (non-hydrogen) atoms. The molecule has 0 aliphatic carbocycles. The van der Waals surface area contributed by atoms with Gasteiger partial charge in [0.25, 0.3) is 0 Å². The minimum atomic E-state index is -2.95. The predicted octanol–water partition coefficient (Wildman–Crippen LogP) is -0.0889. The number of aromatic nitrogens is 2. The van der Waals surface area contributed by atoms with Gasteiger partial charge in [-0.1, -0.05) is 0 Å². The Bertz CT molecular complexity index is 377. The van der Waals surface area contributed by atoms with Crippen LogP contribution in [0.4, 0.5) is 0 Å². The summed E-state index contributed by atoms with van der Waals surface area (Å²) in [6.45, 7) is 0. The average Bonchev–Trinajstić information content (AvgIpc) is 2.14. The van der Waals surface area contributed by atoms with Gasteiger partial charge in [0.2, 0.25) is 0 Å². The van der Waals surface area contributed by atoms with E-state index < -0.39 is 9.84 Å². The maximum atomic E-state index is 10.9. The number of rotatable bonds is 4. The molecule has 78 valence electrons. The lowest BCUT2D eigenvalue weighted by Crippen LogP contribution is -2.16. The summed E-state index contributed by atoms with van der Waals surface area (Å²) in [5, 5.41) is 0. The Morgan fingerprint density at radius 3 is 2.79 bits per heavy atom. The van der Waals surface area contributed by atoms with E-state index in [4.69, 9.17) is 5.73 Å². The van der Waals surface area contributed by atoms with E-state index >= 15 is 0 Å². The highest BCUT2D eigenvalue weighted by atomic mass is 32.2. The molecular weight excluding hydrogens is 202 g/mol. The van der Waals surface area contributed by atoms with Crippen molar-refractivity contribution >= 4 is 9.84 Å². The first-order chi connectivity index (χ1) is 6.49. The third-order valence-corrected chi connectivity index (χ3v) is 2.76. The summed E-state index contributed by atoms with van der Waals surface area (Å²) in [5.74, 6) is 0.0815. The summed E-state index contributed by atoms with van der Waals surface area (Å²) in [6, 6.07) is 1.35. The Labute approximate surface area is 83.3 Å². The fraction of sp³-hybridized carbons (Fsp3) is 0.500. The van der Waals surface area contributed by atoms with Crippen molar-refractivity contribution in [1.29, 1.82) is 0 Å². The van der Waals surface area contributed by atoms with Crippen molar-refractivity contribution in [1.82, 2.24) is 9.97 Å². The van der Waals surface area contributed by atoms with Gasteiger partial charge in [0.1, 0.15) is 16.2 Å². The SMILES string of the molecule is CS(=O)(=O)CCC(N)c1ccncn1. The van der Waals surface area contributed by atoms with Crippen molar-refractivity contribution in [3.05, 3.63) is 24.3 Å². The second-order valence-electron chi connectivity index (χ2n) is 3.16. The van der Waals surface area contributed by atoms with Crippen molar-refractivity contribution < 1.29 is 8.42 Å². The maximum Gasteiger partial charge on any atom is 0.147 e. The molecule has 5 nitrogen and oxygen atoms in total. The van der Waals surface area contributed by atoms with E-state index in [0.717, 1.165) is 0 Å². The van der Waals surface area contributed by atoms with E-state index in [0.29, 0.717) is 12.1 Å². The highest BCUT2D eigenvalue weighted by Gasteiger charge is 2.10. The summed E-state index contributed by atoms with van der Waals surface area (Å²) in [7, 11) is -2.95. The Morgan fingerprint density at radius 1 is 1.57 bits per heavy atom. The van der Waals surface area contributed by atoms with E-state index in [9.17, 15) is 8.42 Å². The van der Waals surface area contributed by atoms with Crippen molar-refractivity contribution in [2.24, 2.45) is 5.73 Å². The molecule has 1 unspecified atom stereocenters. The molecule has 0 aliphatic heterocycles. The summed E-state index contributed by atoms with van der Waals surface area (Å²) in [5.41, 5.74) is 6.42. The molecule has 0 amide bonds. The van der Waals surface area contributed by atoms with Crippen molar-refractivity contribution in [3.8, 4) is 0 Å². The molecule has 0 bridgehead atoms. The summed E-state index contributed by atoms with van der Waals surface area (Å²) in [4.78, 5) is 7.70. The minimum Gasteiger partial charge on any atom is -0.323 e. The van der Waals surface area contributed by atoms with Crippen LogP contribution in [0.15, 0.2) is 18.6 Å². The first-order valence-corrected chi connectivity index (χ1v) is 6.24. The first kappa shape index (κ1) is 11.1. The highest BCUT2D eigenvalue weighted by molar-refractivity contribution is 7.90. The number of sulfone groups is 1. The maximum absolute atomic E-state index is 10.9. The van der Waals surface area contributed by atoms with Crippen LogP contribution in [-0.2, 0) is 9.84 Å². The Morgan fingerprint density at radius 2 is 2.29 bits per heavy atom. The van der Waals surface area contributed by atoms with Gasteiger partial charge in [-0.05, 0) is 12.5 Å². The third-order valence-electron chi connectivity index (χ3n) is 1.78. The van der Waals surface area contributed by atoms with Gasteiger partial charge in [-0.2, -0.15) is 0 Å². The summed E-state index contributed by atoms with van der Waals surface area (Å²) < 4.78 is 21.8. The smallest absolute Gasteiger partial charge is 0.147 e. The molecule has 1 aromatic heterocycles. The predicted molar refractivity (Wildman–Crippen MR) is 53.3 cm³/mol. The van der Waals surface area contributed by atoms with E-state index in [1.807, 2.05) is 0 Å². The topological polar surface area (TPSA) is 85.9 Å². The zero-order chi connectivity index (χ0) is 10.6. The quantitative estimate of drug-likeness (QED) is 0.758. The van der Waals surface area contributed by atoms with Gasteiger partial charge in [0.05, 0.1) is 11.4 Å². The van der Waals surface area contributed by atoms with Crippen LogP contribution in [0.2, 0.25) is 0 Å². The molecule has 6 heteroatoms. The Kier molecular flexibility index (Phi) is 3.54. The second kappa shape index (κ2) is 4.47. The lowest BCUT2D eigenvalue weighted by Gasteiger charge is -2.08. The van der Waals surface area contributed by atoms with Crippen LogP contribution in [0, 0.1) is 0 Å². The van der Waals surface area contributed by atoms with Crippen LogP contribution in [-0.4, -0.2) is 30.4 Å². The average molecular weight is 215 g/mol. The van der Waals surface area contributed by atoms with Gasteiger partial charge in [-0.25, -0.2) is 18.4 Å². The van der Waals surface area contributed by atoms with Gasteiger partial charge in [-0.3, -0.25) is 0 Å². The third kappa shape index (κ3) is 3.80. The fourth-order valence-electron chi connectivity index (χ4n) is 1.01. The van der Waals surface area contributed by atoms with E-state index in [2.05, 4.69) is 9.97 Å². The van der Waals surface area contributed by atoms with Crippen LogP contribution in [0.25, 0.3) is 0 Å². The van der Waals surface area contributed by atoms with E-state index in [1.54, 1.807) is 12.3 Å². The molecule has 1 atom stereocenters. The van der Waals surface area contributed by atoms with Crippen molar-refractivity contribution in [3.63, 3.8) is 0 Å². The summed E-state index contributed by atoms with van der Waals surface area (Å²) >= 11 is 0. The van der Waals surface area contributed by atoms with E-state index in [1.165, 1.54) is 12.6 Å². The van der Waals surface area contributed by atoms with Crippen LogP contribution in [0.1, 0.15) is 18.2 Å². The van der Waals surface area contributed by atoms with Crippen LogP contribution >= 0.6 is 0 Å². The molecular formula is C8H13N3O2S. The van der Waals surface area contributed by atoms with Crippen molar-refractivity contribution in [2.45, 2.75) is 12.5 Å². The largest absolute Gasteiger partial charge is 0.323 e. The Balaban J connectivity index is 2.56. The van der Waals surface area contributed by atoms with Crippen molar-refractivity contribution in [2.75, 3.05) is 12.0 Å². The zero-order valence-corrected chi connectivity index (χ0v) is 8.74. The van der Waals surface area contributed by atoms with Crippen LogP contribution < -0.4 is 5.73 Å². The van der Waals surface area contributed by atoms with Crippen LogP contribution in [0.3, 0.4) is 0 Å². The van der Waals surface area contributed by atoms with E-state index in [-0.39, 0.29) is 11.8 Å². The lowest BCUT2D eigenvalue weighted by atomic mass is 10.2. The monoisotopic (exact) mass is 215 g/mol. The molecule has 0 aliphatic rings.